The van der Waals surface area contributed by atoms with Crippen LogP contribution in [0.4, 0.5) is 17.1 Å². The zero-order chi connectivity index (χ0) is 28.6. The van der Waals surface area contributed by atoms with Gasteiger partial charge in [-0.25, -0.2) is 0 Å². The van der Waals surface area contributed by atoms with Crippen molar-refractivity contribution in [2.45, 2.75) is 44.9 Å². The van der Waals surface area contributed by atoms with Gasteiger partial charge in [-0.2, -0.15) is 0 Å². The molecule has 0 aliphatic heterocycles. The van der Waals surface area contributed by atoms with Gasteiger partial charge in [-0.15, -0.1) is 0 Å². The Morgan fingerprint density at radius 2 is 1.05 bits per heavy atom. The van der Waals surface area contributed by atoms with Crippen LogP contribution in [-0.2, 0) is 33.9 Å². The standard InChI is InChI=1S/C26H25N3O10/c1-18(30)14-26(31,15-19-2-8-22(9-3-19)27(32)33)25(38-16-20-4-10-23(11-5-20)28(34)35)39-17-21-6-12-24(13-7-21)29(36)37/h2-13,25,31H,14-17H2,1H3. The van der Waals surface area contributed by atoms with Crippen LogP contribution in [0.15, 0.2) is 72.8 Å². The molecule has 3 rings (SSSR count). The SMILES string of the molecule is CC(=O)CC(O)(Cc1ccc([N+](=O)[O-])cc1)C(OCc1ccc([N+](=O)[O-])cc1)OCc1ccc([N+](=O)[O-])cc1. The molecule has 1 atom stereocenters. The van der Waals surface area contributed by atoms with Gasteiger partial charge in [0.2, 0.25) is 0 Å². The highest BCUT2D eigenvalue weighted by atomic mass is 16.7. The van der Waals surface area contributed by atoms with Crippen molar-refractivity contribution in [1.29, 1.82) is 0 Å². The molecule has 1 unspecified atom stereocenters. The molecule has 0 amide bonds. The van der Waals surface area contributed by atoms with Crippen molar-refractivity contribution in [3.05, 3.63) is 120 Å². The highest BCUT2D eigenvalue weighted by Gasteiger charge is 2.40. The molecular weight excluding hydrogens is 514 g/mol. The number of carbonyl (C=O) groups excluding carboxylic acids is 1. The summed E-state index contributed by atoms with van der Waals surface area (Å²) in [7, 11) is 0. The highest BCUT2D eigenvalue weighted by Crippen LogP contribution is 2.29. The van der Waals surface area contributed by atoms with E-state index < -0.39 is 26.7 Å². The molecule has 3 aromatic rings. The van der Waals surface area contributed by atoms with Gasteiger partial charge in [-0.3, -0.25) is 35.1 Å². The fraction of sp³-hybridized carbons (Fsp3) is 0.269. The van der Waals surface area contributed by atoms with Gasteiger partial charge in [0.05, 0.1) is 28.0 Å². The minimum Gasteiger partial charge on any atom is -0.384 e. The monoisotopic (exact) mass is 539 g/mol. The molecule has 3 aromatic carbocycles. The molecule has 0 saturated carbocycles. The van der Waals surface area contributed by atoms with Gasteiger partial charge in [0, 0.05) is 49.2 Å². The lowest BCUT2D eigenvalue weighted by Crippen LogP contribution is -2.48. The minimum absolute atomic E-state index is 0.115. The van der Waals surface area contributed by atoms with E-state index in [1.54, 1.807) is 0 Å². The highest BCUT2D eigenvalue weighted by molar-refractivity contribution is 5.76. The van der Waals surface area contributed by atoms with Gasteiger partial charge < -0.3 is 14.6 Å². The minimum atomic E-state index is -1.91. The second-order valence-corrected chi connectivity index (χ2v) is 8.88. The Balaban J connectivity index is 1.87. The zero-order valence-electron chi connectivity index (χ0n) is 20.8. The van der Waals surface area contributed by atoms with Crippen molar-refractivity contribution in [1.82, 2.24) is 0 Å². The Morgan fingerprint density at radius 1 is 0.718 bits per heavy atom. The summed E-state index contributed by atoms with van der Waals surface area (Å²) in [5, 5.41) is 44.6. The van der Waals surface area contributed by atoms with E-state index in [0.717, 1.165) is 0 Å². The number of aliphatic hydroxyl groups is 1. The number of carbonyl (C=O) groups is 1. The van der Waals surface area contributed by atoms with Crippen LogP contribution < -0.4 is 0 Å². The molecular formula is C26H25N3O10. The molecule has 1 N–H and O–H groups in total. The normalized spacial score (nSPS) is 12.6. The molecule has 0 aliphatic carbocycles. The first kappa shape index (κ1) is 29.0. The third-order valence-corrected chi connectivity index (χ3v) is 5.75. The number of nitro groups is 3. The van der Waals surface area contributed by atoms with E-state index >= 15 is 0 Å². The van der Waals surface area contributed by atoms with Gasteiger partial charge in [0.15, 0.2) is 6.29 Å². The van der Waals surface area contributed by atoms with Crippen LogP contribution in [0.3, 0.4) is 0 Å². The lowest BCUT2D eigenvalue weighted by molar-refractivity contribution is -0.385. The predicted molar refractivity (Wildman–Crippen MR) is 137 cm³/mol. The summed E-state index contributed by atoms with van der Waals surface area (Å²) in [6, 6.07) is 16.5. The number of ether oxygens (including phenoxy) is 2. The van der Waals surface area contributed by atoms with Crippen molar-refractivity contribution in [2.24, 2.45) is 0 Å². The molecule has 13 nitrogen and oxygen atoms in total. The smallest absolute Gasteiger partial charge is 0.269 e. The second-order valence-electron chi connectivity index (χ2n) is 8.88. The molecule has 0 spiro atoms. The average molecular weight is 539 g/mol. The predicted octanol–water partition coefficient (Wildman–Crippen LogP) is 4.42. The summed E-state index contributed by atoms with van der Waals surface area (Å²) < 4.78 is 11.8. The Bertz CT molecular complexity index is 1270. The summed E-state index contributed by atoms with van der Waals surface area (Å²) in [6.07, 6.45) is -1.94. The number of nitrogens with zero attached hydrogens (tertiary/aromatic N) is 3. The van der Waals surface area contributed by atoms with Crippen molar-refractivity contribution in [3.63, 3.8) is 0 Å². The van der Waals surface area contributed by atoms with E-state index in [0.29, 0.717) is 16.7 Å². The summed E-state index contributed by atoms with van der Waals surface area (Å²) in [5.74, 6) is -0.373. The largest absolute Gasteiger partial charge is 0.384 e. The Kier molecular flexibility index (Phi) is 9.49. The molecule has 0 radical (unpaired) electrons. The molecule has 204 valence electrons. The maximum atomic E-state index is 12.2. The fourth-order valence-corrected chi connectivity index (χ4v) is 3.88. The third-order valence-electron chi connectivity index (χ3n) is 5.75. The lowest BCUT2D eigenvalue weighted by Gasteiger charge is -2.35. The Morgan fingerprint density at radius 3 is 1.36 bits per heavy atom. The number of nitro benzene ring substituents is 3. The van der Waals surface area contributed by atoms with E-state index in [4.69, 9.17) is 9.47 Å². The van der Waals surface area contributed by atoms with Crippen molar-refractivity contribution >= 4 is 22.8 Å². The van der Waals surface area contributed by atoms with Crippen molar-refractivity contribution in [2.75, 3.05) is 0 Å². The molecule has 0 heterocycles. The van der Waals surface area contributed by atoms with Gasteiger partial charge in [0.25, 0.3) is 17.1 Å². The number of rotatable bonds is 14. The van der Waals surface area contributed by atoms with Gasteiger partial charge in [0.1, 0.15) is 11.4 Å². The molecule has 0 saturated heterocycles. The first-order chi connectivity index (χ1) is 18.5. The van der Waals surface area contributed by atoms with E-state index in [2.05, 4.69) is 0 Å². The first-order valence-corrected chi connectivity index (χ1v) is 11.6. The molecule has 0 bridgehead atoms. The average Bonchev–Trinajstić information content (AvgIpc) is 2.88. The van der Waals surface area contributed by atoms with Gasteiger partial charge in [-0.05, 0) is 47.9 Å². The summed E-state index contributed by atoms with van der Waals surface area (Å²) in [4.78, 5) is 43.4. The number of Topliss-reactive ketones (excluding diaryl/α,β-unsaturated/α-hetero) is 1. The molecule has 13 heteroatoms. The van der Waals surface area contributed by atoms with Crippen LogP contribution >= 0.6 is 0 Å². The summed E-state index contributed by atoms with van der Waals surface area (Å²) in [5.41, 5.74) is -0.743. The quantitative estimate of drug-likeness (QED) is 0.175. The summed E-state index contributed by atoms with van der Waals surface area (Å²) >= 11 is 0. The topological polar surface area (TPSA) is 185 Å². The van der Waals surface area contributed by atoms with Crippen LogP contribution in [0.1, 0.15) is 30.0 Å². The maximum Gasteiger partial charge on any atom is 0.269 e. The van der Waals surface area contributed by atoms with Crippen molar-refractivity contribution < 1.29 is 34.1 Å². The van der Waals surface area contributed by atoms with Crippen LogP contribution in [0, 0.1) is 30.3 Å². The van der Waals surface area contributed by atoms with Gasteiger partial charge in [-0.1, -0.05) is 12.1 Å². The number of benzene rings is 3. The van der Waals surface area contributed by atoms with Gasteiger partial charge >= 0.3 is 0 Å². The molecule has 0 aliphatic rings. The van der Waals surface area contributed by atoms with E-state index in [1.165, 1.54) is 79.7 Å². The number of ketones is 1. The Hall–Kier alpha value is -4.59. The van der Waals surface area contributed by atoms with Crippen LogP contribution in [0.5, 0.6) is 0 Å². The molecule has 39 heavy (non-hydrogen) atoms. The molecule has 0 fully saturated rings. The Labute approximate surface area is 222 Å². The zero-order valence-corrected chi connectivity index (χ0v) is 20.8. The van der Waals surface area contributed by atoms with Crippen LogP contribution in [0.25, 0.3) is 0 Å². The number of hydrogen-bond acceptors (Lipinski definition) is 10. The van der Waals surface area contributed by atoms with Crippen LogP contribution in [-0.4, -0.2) is 37.6 Å². The summed E-state index contributed by atoms with van der Waals surface area (Å²) in [6.45, 7) is 1.01. The number of hydrogen-bond donors (Lipinski definition) is 1. The van der Waals surface area contributed by atoms with E-state index in [1.807, 2.05) is 0 Å². The maximum absolute atomic E-state index is 12.2. The molecule has 0 aromatic heterocycles. The van der Waals surface area contributed by atoms with Crippen molar-refractivity contribution in [3.8, 4) is 0 Å². The second kappa shape index (κ2) is 12.8. The number of non-ortho nitro benzene ring substituents is 3. The first-order valence-electron chi connectivity index (χ1n) is 11.6. The lowest BCUT2D eigenvalue weighted by atomic mass is 9.88. The van der Waals surface area contributed by atoms with E-state index in [9.17, 15) is 40.2 Å². The third kappa shape index (κ3) is 8.20. The van der Waals surface area contributed by atoms with E-state index in [-0.39, 0.29) is 48.9 Å². The van der Waals surface area contributed by atoms with Crippen LogP contribution in [0.2, 0.25) is 0 Å². The fourth-order valence-electron chi connectivity index (χ4n) is 3.88.